The third kappa shape index (κ3) is 3.10. The highest BCUT2D eigenvalue weighted by atomic mass is 15.2. The van der Waals surface area contributed by atoms with E-state index < -0.39 is 0 Å². The highest BCUT2D eigenvalue weighted by Gasteiger charge is 2.26. The predicted molar refractivity (Wildman–Crippen MR) is 80.3 cm³/mol. The first kappa shape index (κ1) is 12.9. The van der Waals surface area contributed by atoms with Crippen molar-refractivity contribution in [2.45, 2.75) is 37.6 Å². The van der Waals surface area contributed by atoms with E-state index >= 15 is 0 Å². The molecule has 0 aliphatic carbocycles. The van der Waals surface area contributed by atoms with E-state index in [1.54, 1.807) is 0 Å². The summed E-state index contributed by atoms with van der Waals surface area (Å²) in [7, 11) is 0. The van der Waals surface area contributed by atoms with Crippen LogP contribution in [0.25, 0.3) is 0 Å². The quantitative estimate of drug-likeness (QED) is 0.800. The Morgan fingerprint density at radius 1 is 0.947 bits per heavy atom. The number of likely N-dealkylation sites (tertiary alicyclic amines) is 1. The average molecular weight is 259 g/mol. The minimum Gasteiger partial charge on any atom is -0.399 e. The average Bonchev–Trinajstić information content (AvgIpc) is 2.49. The molecule has 3 rings (SSSR count). The molecule has 3 nitrogen and oxygen atoms in total. The Morgan fingerprint density at radius 3 is 2.21 bits per heavy atom. The van der Waals surface area contributed by atoms with Gasteiger partial charge in [0.15, 0.2) is 0 Å². The standard InChI is InChI=1S/C16H25N3/c17-15-3-1-13(2-4-15)14-7-11-19(12-8-14)16-5-9-18-10-6-16/h1-4,14,16,18H,5-12,17H2. The lowest BCUT2D eigenvalue weighted by atomic mass is 9.88. The second-order valence-electron chi connectivity index (χ2n) is 5.96. The van der Waals surface area contributed by atoms with Gasteiger partial charge in [-0.15, -0.1) is 0 Å². The first-order chi connectivity index (χ1) is 9.33. The Kier molecular flexibility index (Phi) is 4.04. The van der Waals surface area contributed by atoms with Crippen molar-refractivity contribution in [3.8, 4) is 0 Å². The number of hydrogen-bond donors (Lipinski definition) is 2. The molecule has 19 heavy (non-hydrogen) atoms. The van der Waals surface area contributed by atoms with Crippen LogP contribution in [0, 0.1) is 0 Å². The normalized spacial score (nSPS) is 23.6. The SMILES string of the molecule is Nc1ccc(C2CCN(C3CCNCC3)CC2)cc1. The molecular formula is C16H25N3. The Bertz CT molecular complexity index is 387. The van der Waals surface area contributed by atoms with Crippen molar-refractivity contribution in [1.29, 1.82) is 0 Å². The van der Waals surface area contributed by atoms with Crippen molar-refractivity contribution in [1.82, 2.24) is 10.2 Å². The van der Waals surface area contributed by atoms with Crippen LogP contribution < -0.4 is 11.1 Å². The molecular weight excluding hydrogens is 234 g/mol. The molecule has 0 unspecified atom stereocenters. The minimum absolute atomic E-state index is 0.735. The van der Waals surface area contributed by atoms with E-state index in [1.807, 2.05) is 12.1 Å². The topological polar surface area (TPSA) is 41.3 Å². The Morgan fingerprint density at radius 2 is 1.58 bits per heavy atom. The monoisotopic (exact) mass is 259 g/mol. The number of nitrogen functional groups attached to an aromatic ring is 1. The molecule has 0 aromatic heterocycles. The smallest absolute Gasteiger partial charge is 0.0314 e. The summed E-state index contributed by atoms with van der Waals surface area (Å²) in [6.45, 7) is 4.92. The van der Waals surface area contributed by atoms with Crippen molar-refractivity contribution in [2.24, 2.45) is 0 Å². The van der Waals surface area contributed by atoms with Crippen molar-refractivity contribution < 1.29 is 0 Å². The molecule has 2 aliphatic rings. The maximum atomic E-state index is 5.76. The van der Waals surface area contributed by atoms with Crippen molar-refractivity contribution >= 4 is 5.69 Å². The first-order valence-corrected chi connectivity index (χ1v) is 7.63. The third-order valence-corrected chi connectivity index (χ3v) is 4.76. The van der Waals surface area contributed by atoms with E-state index in [-0.39, 0.29) is 0 Å². The van der Waals surface area contributed by atoms with Gasteiger partial charge in [0.1, 0.15) is 0 Å². The molecule has 3 N–H and O–H groups in total. The zero-order valence-corrected chi connectivity index (χ0v) is 11.6. The molecule has 2 saturated heterocycles. The van der Waals surface area contributed by atoms with Crippen molar-refractivity contribution in [3.05, 3.63) is 29.8 Å². The van der Waals surface area contributed by atoms with Gasteiger partial charge in [0.25, 0.3) is 0 Å². The van der Waals surface area contributed by atoms with Crippen LogP contribution in [0.5, 0.6) is 0 Å². The number of benzene rings is 1. The Labute approximate surface area is 116 Å². The number of nitrogens with two attached hydrogens (primary N) is 1. The molecule has 1 aromatic rings. The lowest BCUT2D eigenvalue weighted by Gasteiger charge is -2.39. The highest BCUT2D eigenvalue weighted by molar-refractivity contribution is 5.40. The molecule has 0 saturated carbocycles. The van der Waals surface area contributed by atoms with Gasteiger partial charge in [0.2, 0.25) is 0 Å². The van der Waals surface area contributed by atoms with Crippen LogP contribution in [0.15, 0.2) is 24.3 Å². The number of nitrogens with one attached hydrogen (secondary N) is 1. The zero-order valence-electron chi connectivity index (χ0n) is 11.6. The molecule has 0 amide bonds. The number of hydrogen-bond acceptors (Lipinski definition) is 3. The number of piperidine rings is 2. The minimum atomic E-state index is 0.735. The lowest BCUT2D eigenvalue weighted by Crippen LogP contribution is -2.46. The second kappa shape index (κ2) is 5.93. The van der Waals surface area contributed by atoms with Gasteiger partial charge in [0, 0.05) is 11.7 Å². The zero-order chi connectivity index (χ0) is 13.1. The molecule has 104 valence electrons. The molecule has 0 radical (unpaired) electrons. The third-order valence-electron chi connectivity index (χ3n) is 4.76. The van der Waals surface area contributed by atoms with Crippen LogP contribution in [0.2, 0.25) is 0 Å². The van der Waals surface area contributed by atoms with E-state index in [1.165, 1.54) is 57.4 Å². The first-order valence-electron chi connectivity index (χ1n) is 7.63. The summed E-state index contributed by atoms with van der Waals surface area (Å²) in [5.41, 5.74) is 8.10. The summed E-state index contributed by atoms with van der Waals surface area (Å²) in [6.07, 6.45) is 5.25. The molecule has 1 aromatic carbocycles. The molecule has 3 heteroatoms. The predicted octanol–water partition coefficient (Wildman–Crippen LogP) is 2.20. The summed E-state index contributed by atoms with van der Waals surface area (Å²) < 4.78 is 0. The van der Waals surface area contributed by atoms with Crippen LogP contribution in [0.1, 0.15) is 37.2 Å². The maximum Gasteiger partial charge on any atom is 0.0314 e. The summed E-state index contributed by atoms with van der Waals surface area (Å²) in [6, 6.07) is 9.32. The van der Waals surface area contributed by atoms with Gasteiger partial charge < -0.3 is 16.0 Å². The van der Waals surface area contributed by atoms with E-state index in [9.17, 15) is 0 Å². The van der Waals surface area contributed by atoms with Gasteiger partial charge in [-0.25, -0.2) is 0 Å². The number of rotatable bonds is 2. The van der Waals surface area contributed by atoms with Gasteiger partial charge in [-0.05, 0) is 75.5 Å². The van der Waals surface area contributed by atoms with Crippen LogP contribution in [-0.2, 0) is 0 Å². The summed E-state index contributed by atoms with van der Waals surface area (Å²) >= 11 is 0. The van der Waals surface area contributed by atoms with Crippen molar-refractivity contribution in [3.63, 3.8) is 0 Å². The molecule has 0 atom stereocenters. The van der Waals surface area contributed by atoms with E-state index in [2.05, 4.69) is 22.3 Å². The van der Waals surface area contributed by atoms with Crippen LogP contribution in [0.4, 0.5) is 5.69 Å². The van der Waals surface area contributed by atoms with E-state index in [0.29, 0.717) is 0 Å². The lowest BCUT2D eigenvalue weighted by molar-refractivity contribution is 0.127. The van der Waals surface area contributed by atoms with Gasteiger partial charge >= 0.3 is 0 Å². The van der Waals surface area contributed by atoms with Gasteiger partial charge in [-0.3, -0.25) is 0 Å². The highest BCUT2D eigenvalue weighted by Crippen LogP contribution is 2.30. The molecule has 2 aliphatic heterocycles. The van der Waals surface area contributed by atoms with Gasteiger partial charge in [0.05, 0.1) is 0 Å². The van der Waals surface area contributed by atoms with Crippen molar-refractivity contribution in [2.75, 3.05) is 31.9 Å². The fourth-order valence-electron chi connectivity index (χ4n) is 3.54. The Hall–Kier alpha value is -1.06. The van der Waals surface area contributed by atoms with E-state index in [0.717, 1.165) is 17.6 Å². The number of nitrogens with zero attached hydrogens (tertiary/aromatic N) is 1. The van der Waals surface area contributed by atoms with Gasteiger partial charge in [-0.1, -0.05) is 12.1 Å². The summed E-state index contributed by atoms with van der Waals surface area (Å²) in [4.78, 5) is 2.72. The molecule has 2 heterocycles. The van der Waals surface area contributed by atoms with Crippen LogP contribution in [0.3, 0.4) is 0 Å². The van der Waals surface area contributed by atoms with Crippen LogP contribution >= 0.6 is 0 Å². The Balaban J connectivity index is 1.55. The fraction of sp³-hybridized carbons (Fsp3) is 0.625. The molecule has 2 fully saturated rings. The molecule has 0 bridgehead atoms. The summed E-state index contributed by atoms with van der Waals surface area (Å²) in [5, 5.41) is 3.46. The summed E-state index contributed by atoms with van der Waals surface area (Å²) in [5.74, 6) is 0.735. The van der Waals surface area contributed by atoms with Gasteiger partial charge in [-0.2, -0.15) is 0 Å². The largest absolute Gasteiger partial charge is 0.399 e. The second-order valence-corrected chi connectivity index (χ2v) is 5.96. The van der Waals surface area contributed by atoms with Crippen LogP contribution in [-0.4, -0.2) is 37.1 Å². The number of anilines is 1. The fourth-order valence-corrected chi connectivity index (χ4v) is 3.54. The maximum absolute atomic E-state index is 5.76. The van der Waals surface area contributed by atoms with E-state index in [4.69, 9.17) is 5.73 Å². The molecule has 0 spiro atoms.